The lowest BCUT2D eigenvalue weighted by molar-refractivity contribution is -0.159. The fourth-order valence-electron chi connectivity index (χ4n) is 2.27. The molecule has 1 saturated heterocycles. The van der Waals surface area contributed by atoms with E-state index in [1.165, 1.54) is 4.90 Å². The predicted molar refractivity (Wildman–Crippen MR) is 63.1 cm³/mol. The largest absolute Gasteiger partial charge is 0.343 e. The van der Waals surface area contributed by atoms with Gasteiger partial charge in [0.1, 0.15) is 5.92 Å². The third-order valence-corrected chi connectivity index (χ3v) is 3.53. The number of likely N-dealkylation sites (tertiary alicyclic amines) is 1. The van der Waals surface area contributed by atoms with Gasteiger partial charge in [0.2, 0.25) is 5.91 Å². The zero-order chi connectivity index (χ0) is 13.1. The molecule has 0 spiro atoms. The molecule has 0 N–H and O–H groups in total. The van der Waals surface area contributed by atoms with Gasteiger partial charge < -0.3 is 9.80 Å². The second-order valence-corrected chi connectivity index (χ2v) is 4.47. The molecule has 1 rings (SSSR count). The van der Waals surface area contributed by atoms with Gasteiger partial charge in [-0.2, -0.15) is 0 Å². The van der Waals surface area contributed by atoms with Crippen molar-refractivity contribution in [2.24, 2.45) is 5.92 Å². The van der Waals surface area contributed by atoms with Gasteiger partial charge in [0, 0.05) is 32.6 Å². The van der Waals surface area contributed by atoms with Gasteiger partial charge in [0.15, 0.2) is 0 Å². The van der Waals surface area contributed by atoms with E-state index in [0.29, 0.717) is 19.6 Å². The number of rotatable bonds is 4. The highest BCUT2D eigenvalue weighted by molar-refractivity contribution is 5.80. The minimum atomic E-state index is -2.86. The van der Waals surface area contributed by atoms with Crippen LogP contribution in [0.2, 0.25) is 0 Å². The zero-order valence-electron chi connectivity index (χ0n) is 10.9. The van der Waals surface area contributed by atoms with E-state index < -0.39 is 17.7 Å². The van der Waals surface area contributed by atoms with E-state index in [1.54, 1.807) is 0 Å². The minimum absolute atomic E-state index is 0.179. The van der Waals surface area contributed by atoms with E-state index in [2.05, 4.69) is 0 Å². The summed E-state index contributed by atoms with van der Waals surface area (Å²) in [5.74, 6) is -4.43. The highest BCUT2D eigenvalue weighted by Gasteiger charge is 2.48. The number of piperidine rings is 1. The van der Waals surface area contributed by atoms with E-state index >= 15 is 0 Å². The van der Waals surface area contributed by atoms with Crippen LogP contribution in [0.1, 0.15) is 27.2 Å². The Labute approximate surface area is 102 Å². The molecular weight excluding hydrogens is 226 g/mol. The Morgan fingerprint density at radius 3 is 2.41 bits per heavy atom. The summed E-state index contributed by atoms with van der Waals surface area (Å²) >= 11 is 0. The number of alkyl halides is 2. The Balaban J connectivity index is 2.79. The fourth-order valence-corrected chi connectivity index (χ4v) is 2.27. The number of nitrogens with zero attached hydrogens (tertiary/aromatic N) is 2. The molecule has 100 valence electrons. The monoisotopic (exact) mass is 248 g/mol. The first kappa shape index (κ1) is 14.4. The quantitative estimate of drug-likeness (QED) is 0.758. The Morgan fingerprint density at radius 1 is 1.35 bits per heavy atom. The molecular formula is C12H22F2N2O. The molecule has 5 heteroatoms. The summed E-state index contributed by atoms with van der Waals surface area (Å²) in [7, 11) is 0. The Morgan fingerprint density at radius 2 is 1.94 bits per heavy atom. The third-order valence-electron chi connectivity index (χ3n) is 3.53. The normalized spacial score (nSPS) is 24.6. The summed E-state index contributed by atoms with van der Waals surface area (Å²) < 4.78 is 27.6. The molecule has 1 unspecified atom stereocenters. The van der Waals surface area contributed by atoms with Gasteiger partial charge in [-0.15, -0.1) is 0 Å². The number of carbonyl (C=O) groups is 1. The average molecular weight is 248 g/mol. The molecule has 0 aromatic heterocycles. The lowest BCUT2D eigenvalue weighted by atomic mass is 9.92. The van der Waals surface area contributed by atoms with Crippen molar-refractivity contribution in [2.75, 3.05) is 32.7 Å². The van der Waals surface area contributed by atoms with Gasteiger partial charge in [0.25, 0.3) is 5.92 Å². The average Bonchev–Trinajstić information content (AvgIpc) is 2.30. The van der Waals surface area contributed by atoms with Crippen molar-refractivity contribution >= 4 is 5.91 Å². The lowest BCUT2D eigenvalue weighted by Gasteiger charge is -2.38. The number of halogens is 2. The van der Waals surface area contributed by atoms with Crippen LogP contribution in [-0.2, 0) is 4.79 Å². The van der Waals surface area contributed by atoms with Gasteiger partial charge in [-0.3, -0.25) is 4.79 Å². The van der Waals surface area contributed by atoms with Crippen LogP contribution in [0.25, 0.3) is 0 Å². The van der Waals surface area contributed by atoms with E-state index in [-0.39, 0.29) is 13.0 Å². The molecule has 17 heavy (non-hydrogen) atoms. The van der Waals surface area contributed by atoms with Crippen LogP contribution >= 0.6 is 0 Å². The minimum Gasteiger partial charge on any atom is -0.343 e. The van der Waals surface area contributed by atoms with Crippen molar-refractivity contribution in [3.05, 3.63) is 0 Å². The predicted octanol–water partition coefficient (Wildman–Crippen LogP) is 1.83. The molecule has 1 aliphatic heterocycles. The van der Waals surface area contributed by atoms with Crippen LogP contribution in [0, 0.1) is 5.92 Å². The second kappa shape index (κ2) is 5.76. The van der Waals surface area contributed by atoms with Crippen LogP contribution in [0.3, 0.4) is 0 Å². The molecule has 1 aliphatic rings. The van der Waals surface area contributed by atoms with Gasteiger partial charge >= 0.3 is 0 Å². The van der Waals surface area contributed by atoms with Crippen LogP contribution in [-0.4, -0.2) is 54.4 Å². The summed E-state index contributed by atoms with van der Waals surface area (Å²) in [5.41, 5.74) is 0. The highest BCUT2D eigenvalue weighted by atomic mass is 19.3. The third kappa shape index (κ3) is 3.15. The maximum atomic E-state index is 13.8. The molecule has 0 radical (unpaired) electrons. The molecule has 0 aromatic rings. The molecule has 0 bridgehead atoms. The SMILES string of the molecule is CCN1CCC(F)(F)C(C(=O)N(CC)CC)C1. The summed E-state index contributed by atoms with van der Waals surface area (Å²) in [5, 5.41) is 0. The van der Waals surface area contributed by atoms with E-state index in [9.17, 15) is 13.6 Å². The molecule has 1 heterocycles. The highest BCUT2D eigenvalue weighted by Crippen LogP contribution is 2.34. The molecule has 0 saturated carbocycles. The first-order valence-corrected chi connectivity index (χ1v) is 6.35. The first-order valence-electron chi connectivity index (χ1n) is 6.35. The first-order chi connectivity index (χ1) is 7.96. The van der Waals surface area contributed by atoms with Crippen LogP contribution in [0.5, 0.6) is 0 Å². The summed E-state index contributed by atoms with van der Waals surface area (Å²) in [4.78, 5) is 15.5. The van der Waals surface area contributed by atoms with Crippen LogP contribution in [0.4, 0.5) is 8.78 Å². The fraction of sp³-hybridized carbons (Fsp3) is 0.917. The summed E-state index contributed by atoms with van der Waals surface area (Å²) in [6.45, 7) is 7.84. The van der Waals surface area contributed by atoms with Crippen molar-refractivity contribution in [3.8, 4) is 0 Å². The molecule has 1 atom stereocenters. The van der Waals surface area contributed by atoms with Crippen molar-refractivity contribution in [1.29, 1.82) is 0 Å². The Kier molecular flexibility index (Phi) is 4.86. The van der Waals surface area contributed by atoms with E-state index in [4.69, 9.17) is 0 Å². The smallest absolute Gasteiger partial charge is 0.262 e. The summed E-state index contributed by atoms with van der Waals surface area (Å²) in [6, 6.07) is 0. The molecule has 1 amide bonds. The number of hydrogen-bond donors (Lipinski definition) is 0. The van der Waals surface area contributed by atoms with Crippen LogP contribution < -0.4 is 0 Å². The molecule has 0 aliphatic carbocycles. The topological polar surface area (TPSA) is 23.6 Å². The number of hydrogen-bond acceptors (Lipinski definition) is 2. The standard InChI is InChI=1S/C12H22F2N2O/c1-4-15-8-7-12(13,14)10(9-15)11(17)16(5-2)6-3/h10H,4-9H2,1-3H3. The molecule has 3 nitrogen and oxygen atoms in total. The molecule has 0 aromatic carbocycles. The maximum absolute atomic E-state index is 13.8. The van der Waals surface area contributed by atoms with Gasteiger partial charge in [-0.25, -0.2) is 8.78 Å². The zero-order valence-corrected chi connectivity index (χ0v) is 10.9. The Bertz CT molecular complexity index is 267. The molecule has 1 fully saturated rings. The van der Waals surface area contributed by atoms with Gasteiger partial charge in [0.05, 0.1) is 0 Å². The van der Waals surface area contributed by atoms with Crippen molar-refractivity contribution in [2.45, 2.75) is 33.1 Å². The van der Waals surface area contributed by atoms with Crippen LogP contribution in [0.15, 0.2) is 0 Å². The lowest BCUT2D eigenvalue weighted by Crippen LogP contribution is -2.54. The van der Waals surface area contributed by atoms with Crippen molar-refractivity contribution in [1.82, 2.24) is 9.80 Å². The van der Waals surface area contributed by atoms with E-state index in [1.807, 2.05) is 25.7 Å². The maximum Gasteiger partial charge on any atom is 0.262 e. The Hall–Kier alpha value is -0.710. The number of carbonyl (C=O) groups excluding carboxylic acids is 1. The van der Waals surface area contributed by atoms with Gasteiger partial charge in [-0.05, 0) is 20.4 Å². The van der Waals surface area contributed by atoms with Crippen molar-refractivity contribution in [3.63, 3.8) is 0 Å². The number of amides is 1. The van der Waals surface area contributed by atoms with E-state index in [0.717, 1.165) is 6.54 Å². The van der Waals surface area contributed by atoms with Gasteiger partial charge in [-0.1, -0.05) is 6.92 Å². The summed E-state index contributed by atoms with van der Waals surface area (Å²) in [6.07, 6.45) is -0.210. The van der Waals surface area contributed by atoms with Crippen molar-refractivity contribution < 1.29 is 13.6 Å². The second-order valence-electron chi connectivity index (χ2n) is 4.47.